The summed E-state index contributed by atoms with van der Waals surface area (Å²) < 4.78 is 18.9. The maximum absolute atomic E-state index is 13.4. The van der Waals surface area contributed by atoms with Gasteiger partial charge in [0.25, 0.3) is 0 Å². The highest BCUT2D eigenvalue weighted by Crippen LogP contribution is 2.21. The molecule has 2 heterocycles. The zero-order chi connectivity index (χ0) is 20.5. The Kier molecular flexibility index (Phi) is 8.70. The number of aliphatic imine (C=N–C) groups is 1. The molecule has 2 saturated heterocycles. The quantitative estimate of drug-likeness (QED) is 0.538. The lowest BCUT2D eigenvalue weighted by Crippen LogP contribution is -2.47. The van der Waals surface area contributed by atoms with Gasteiger partial charge in [0.1, 0.15) is 5.82 Å². The molecule has 2 fully saturated rings. The number of likely N-dealkylation sites (tertiary alicyclic amines) is 1. The highest BCUT2D eigenvalue weighted by molar-refractivity contribution is 5.79. The van der Waals surface area contributed by atoms with Gasteiger partial charge in [-0.25, -0.2) is 4.39 Å². The molecule has 0 aliphatic carbocycles. The fraction of sp³-hybridized carbons (Fsp3) is 0.682. The van der Waals surface area contributed by atoms with Gasteiger partial charge in [-0.15, -0.1) is 0 Å². The molecule has 0 radical (unpaired) electrons. The zero-order valence-electron chi connectivity index (χ0n) is 17.9. The summed E-state index contributed by atoms with van der Waals surface area (Å²) in [6.45, 7) is 10.6. The molecule has 7 heteroatoms. The summed E-state index contributed by atoms with van der Waals surface area (Å²) in [7, 11) is 1.81. The second kappa shape index (κ2) is 11.5. The summed E-state index contributed by atoms with van der Waals surface area (Å²) >= 11 is 0. The second-order valence-corrected chi connectivity index (χ2v) is 8.12. The maximum atomic E-state index is 13.4. The number of rotatable bonds is 7. The van der Waals surface area contributed by atoms with E-state index in [2.05, 4.69) is 32.3 Å². The molecule has 2 aliphatic heterocycles. The van der Waals surface area contributed by atoms with E-state index in [9.17, 15) is 4.39 Å². The second-order valence-electron chi connectivity index (χ2n) is 8.12. The molecule has 1 aromatic carbocycles. The van der Waals surface area contributed by atoms with Crippen LogP contribution in [0.3, 0.4) is 0 Å². The van der Waals surface area contributed by atoms with E-state index in [0.717, 1.165) is 56.8 Å². The van der Waals surface area contributed by atoms with Gasteiger partial charge in [-0.2, -0.15) is 0 Å². The molecule has 2 aliphatic rings. The Morgan fingerprint density at radius 3 is 2.48 bits per heavy atom. The topological polar surface area (TPSA) is 52.1 Å². The van der Waals surface area contributed by atoms with Crippen molar-refractivity contribution in [2.45, 2.75) is 25.8 Å². The van der Waals surface area contributed by atoms with E-state index < -0.39 is 0 Å². The number of halogens is 1. The van der Waals surface area contributed by atoms with Crippen molar-refractivity contribution in [3.05, 3.63) is 35.6 Å². The largest absolute Gasteiger partial charge is 0.379 e. The summed E-state index contributed by atoms with van der Waals surface area (Å²) in [5.41, 5.74) is 1.11. The van der Waals surface area contributed by atoms with Crippen LogP contribution >= 0.6 is 0 Å². The Hall–Kier alpha value is -1.70. The first-order valence-electron chi connectivity index (χ1n) is 10.9. The minimum atomic E-state index is -0.202. The van der Waals surface area contributed by atoms with E-state index in [1.165, 1.54) is 38.1 Å². The Morgan fingerprint density at radius 1 is 1.14 bits per heavy atom. The van der Waals surface area contributed by atoms with Crippen molar-refractivity contribution in [1.82, 2.24) is 20.4 Å². The average Bonchev–Trinajstić information content (AvgIpc) is 2.76. The molecule has 2 N–H and O–H groups in total. The molecule has 1 atom stereocenters. The van der Waals surface area contributed by atoms with Crippen molar-refractivity contribution in [1.29, 1.82) is 0 Å². The van der Waals surface area contributed by atoms with Gasteiger partial charge in [-0.1, -0.05) is 19.1 Å². The predicted molar refractivity (Wildman–Crippen MR) is 116 cm³/mol. The number of morpholine rings is 1. The Morgan fingerprint density at radius 2 is 1.83 bits per heavy atom. The third kappa shape index (κ3) is 6.94. The first kappa shape index (κ1) is 22.0. The van der Waals surface area contributed by atoms with Gasteiger partial charge in [0.2, 0.25) is 0 Å². The van der Waals surface area contributed by atoms with Gasteiger partial charge in [0, 0.05) is 39.8 Å². The Labute approximate surface area is 174 Å². The fourth-order valence-electron chi connectivity index (χ4n) is 4.06. The molecular formula is C22H36FN5O. The number of hydrogen-bond acceptors (Lipinski definition) is 4. The van der Waals surface area contributed by atoms with Gasteiger partial charge < -0.3 is 20.3 Å². The molecule has 29 heavy (non-hydrogen) atoms. The fourth-order valence-corrected chi connectivity index (χ4v) is 4.06. The normalized spacial score (nSPS) is 21.1. The van der Waals surface area contributed by atoms with E-state index in [1.54, 1.807) is 7.05 Å². The molecule has 0 aromatic heterocycles. The smallest absolute Gasteiger partial charge is 0.191 e. The van der Waals surface area contributed by atoms with E-state index in [-0.39, 0.29) is 11.9 Å². The van der Waals surface area contributed by atoms with Crippen LogP contribution in [0.4, 0.5) is 4.39 Å². The van der Waals surface area contributed by atoms with Crippen molar-refractivity contribution in [2.75, 3.05) is 66.1 Å². The molecule has 6 nitrogen and oxygen atoms in total. The van der Waals surface area contributed by atoms with Crippen LogP contribution in [0.2, 0.25) is 0 Å². The summed E-state index contributed by atoms with van der Waals surface area (Å²) in [5.74, 6) is 1.47. The van der Waals surface area contributed by atoms with Gasteiger partial charge in [0.15, 0.2) is 5.96 Å². The van der Waals surface area contributed by atoms with Crippen LogP contribution < -0.4 is 10.6 Å². The molecule has 1 unspecified atom stereocenters. The molecular weight excluding hydrogens is 369 g/mol. The summed E-state index contributed by atoms with van der Waals surface area (Å²) in [4.78, 5) is 9.30. The van der Waals surface area contributed by atoms with E-state index in [4.69, 9.17) is 4.74 Å². The molecule has 0 saturated carbocycles. The average molecular weight is 406 g/mol. The van der Waals surface area contributed by atoms with Gasteiger partial charge >= 0.3 is 0 Å². The number of nitrogens with zero attached hydrogens (tertiary/aromatic N) is 3. The van der Waals surface area contributed by atoms with Crippen LogP contribution in [0, 0.1) is 11.7 Å². The first-order chi connectivity index (χ1) is 14.2. The Balaban J connectivity index is 1.50. The summed E-state index contributed by atoms with van der Waals surface area (Å²) in [5, 5.41) is 6.91. The van der Waals surface area contributed by atoms with Gasteiger partial charge in [-0.05, 0) is 49.5 Å². The zero-order valence-corrected chi connectivity index (χ0v) is 17.9. The molecule has 162 valence electrons. The van der Waals surface area contributed by atoms with Gasteiger partial charge in [-0.3, -0.25) is 9.89 Å². The van der Waals surface area contributed by atoms with Crippen LogP contribution in [0.5, 0.6) is 0 Å². The molecule has 0 spiro atoms. The van der Waals surface area contributed by atoms with Crippen molar-refractivity contribution in [2.24, 2.45) is 10.9 Å². The van der Waals surface area contributed by atoms with Crippen LogP contribution in [0.15, 0.2) is 29.3 Å². The van der Waals surface area contributed by atoms with E-state index in [0.29, 0.717) is 6.54 Å². The Bertz CT molecular complexity index is 625. The number of piperidine rings is 1. The summed E-state index contributed by atoms with van der Waals surface area (Å²) in [6, 6.07) is 6.99. The van der Waals surface area contributed by atoms with Crippen molar-refractivity contribution in [3.63, 3.8) is 0 Å². The molecule has 3 rings (SSSR count). The summed E-state index contributed by atoms with van der Waals surface area (Å²) in [6.07, 6.45) is 2.59. The molecule has 0 amide bonds. The maximum Gasteiger partial charge on any atom is 0.191 e. The van der Waals surface area contributed by atoms with Crippen LogP contribution in [-0.2, 0) is 4.74 Å². The number of benzene rings is 1. The lowest BCUT2D eigenvalue weighted by molar-refractivity contribution is 0.0170. The van der Waals surface area contributed by atoms with Crippen molar-refractivity contribution >= 4 is 5.96 Å². The SMILES string of the molecule is CN=C(NCCN1CCC(C)CC1)NCC(c1ccc(F)cc1)N1CCOCC1. The van der Waals surface area contributed by atoms with Crippen molar-refractivity contribution < 1.29 is 9.13 Å². The third-order valence-electron chi connectivity index (χ3n) is 6.02. The lowest BCUT2D eigenvalue weighted by Gasteiger charge is -2.35. The number of nitrogens with one attached hydrogen (secondary N) is 2. The van der Waals surface area contributed by atoms with E-state index >= 15 is 0 Å². The predicted octanol–water partition coefficient (Wildman–Crippen LogP) is 2.10. The van der Waals surface area contributed by atoms with Crippen LogP contribution in [0.1, 0.15) is 31.4 Å². The number of guanidine groups is 1. The first-order valence-corrected chi connectivity index (χ1v) is 10.9. The number of hydrogen-bond donors (Lipinski definition) is 2. The third-order valence-corrected chi connectivity index (χ3v) is 6.02. The minimum absolute atomic E-state index is 0.154. The highest BCUT2D eigenvalue weighted by Gasteiger charge is 2.23. The van der Waals surface area contributed by atoms with Crippen LogP contribution in [-0.4, -0.2) is 81.8 Å². The molecule has 1 aromatic rings. The number of ether oxygens (including phenoxy) is 1. The minimum Gasteiger partial charge on any atom is -0.379 e. The standard InChI is InChI=1S/C22H36FN5O/c1-18-7-10-27(11-8-18)12-9-25-22(24-2)26-17-21(28-13-15-29-16-14-28)19-3-5-20(23)6-4-19/h3-6,18,21H,7-17H2,1-2H3,(H2,24,25,26). The van der Waals surface area contributed by atoms with Crippen molar-refractivity contribution in [3.8, 4) is 0 Å². The van der Waals surface area contributed by atoms with Gasteiger partial charge in [0.05, 0.1) is 19.3 Å². The monoisotopic (exact) mass is 405 g/mol. The highest BCUT2D eigenvalue weighted by atomic mass is 19.1. The van der Waals surface area contributed by atoms with Crippen LogP contribution in [0.25, 0.3) is 0 Å². The lowest BCUT2D eigenvalue weighted by atomic mass is 9.99. The van der Waals surface area contributed by atoms with E-state index in [1.807, 2.05) is 12.1 Å². The molecule has 0 bridgehead atoms.